The van der Waals surface area contributed by atoms with Crippen molar-refractivity contribution in [1.29, 1.82) is 0 Å². The first-order valence-electron chi connectivity index (χ1n) is 15.1. The number of aromatic nitrogens is 1. The Hall–Kier alpha value is -4.63. The smallest absolute Gasteiger partial charge is 0.0966 e. The lowest BCUT2D eigenvalue weighted by atomic mass is 10.0. The number of benzene rings is 4. The molecule has 0 fully saturated rings. The summed E-state index contributed by atoms with van der Waals surface area (Å²) in [7, 11) is 0. The number of aryl methyl sites for hydroxylation is 4. The molecule has 0 radical (unpaired) electrons. The van der Waals surface area contributed by atoms with Crippen LogP contribution in [0.15, 0.2) is 125 Å². The highest BCUT2D eigenvalue weighted by atomic mass is 14.9. The molecule has 4 aromatic carbocycles. The summed E-state index contributed by atoms with van der Waals surface area (Å²) in [5.74, 6) is 0. The van der Waals surface area contributed by atoms with Crippen LogP contribution in [-0.4, -0.2) is 16.4 Å². The fraction of sp³-hybridized carbons (Fsp3) is 0.205. The van der Waals surface area contributed by atoms with Gasteiger partial charge in [0.25, 0.3) is 0 Å². The second-order valence-corrected chi connectivity index (χ2v) is 10.3. The van der Waals surface area contributed by atoms with Crippen molar-refractivity contribution in [2.45, 2.75) is 53.4 Å². The van der Waals surface area contributed by atoms with Crippen LogP contribution in [0.1, 0.15) is 72.5 Å². The Morgan fingerprint density at radius 2 is 0.762 bits per heavy atom. The number of nitrogens with zero attached hydrogens (tertiary/aromatic N) is 3. The van der Waals surface area contributed by atoms with E-state index in [0.717, 1.165) is 71.0 Å². The molecule has 42 heavy (non-hydrogen) atoms. The third-order valence-corrected chi connectivity index (χ3v) is 7.71. The molecule has 0 atom stereocenters. The van der Waals surface area contributed by atoms with Crippen LogP contribution in [0.4, 0.5) is 11.4 Å². The number of aliphatic imine (C=N–C) groups is 2. The fourth-order valence-electron chi connectivity index (χ4n) is 5.37. The molecule has 0 aliphatic heterocycles. The summed E-state index contributed by atoms with van der Waals surface area (Å²) >= 11 is 0. The van der Waals surface area contributed by atoms with E-state index < -0.39 is 0 Å². The van der Waals surface area contributed by atoms with Gasteiger partial charge in [0.1, 0.15) is 0 Å². The van der Waals surface area contributed by atoms with Crippen molar-refractivity contribution in [2.75, 3.05) is 0 Å². The molecule has 1 aromatic heterocycles. The van der Waals surface area contributed by atoms with E-state index in [-0.39, 0.29) is 0 Å². The molecule has 5 aromatic rings. The Morgan fingerprint density at radius 3 is 1.10 bits per heavy atom. The van der Waals surface area contributed by atoms with Crippen LogP contribution in [0.2, 0.25) is 0 Å². The molecule has 0 amide bonds. The second-order valence-electron chi connectivity index (χ2n) is 10.3. The first-order chi connectivity index (χ1) is 20.7. The number of pyridine rings is 1. The maximum absolute atomic E-state index is 5.37. The number of para-hydroxylation sites is 2. The van der Waals surface area contributed by atoms with E-state index >= 15 is 0 Å². The van der Waals surface area contributed by atoms with Gasteiger partial charge in [-0.3, -0.25) is 0 Å². The standard InChI is InChI=1S/C39H39N3/c1-5-28-22-15-23-29(6-2)36(28)41-38(32-18-11-9-12-19-32)34-26-17-27-35(40-34)39(33-20-13-10-14-21-33)42-37-30(7-3)24-16-25-31(37)8-4/h9-27H,5-8H2,1-4H3. The zero-order chi connectivity index (χ0) is 29.3. The summed E-state index contributed by atoms with van der Waals surface area (Å²) in [6.45, 7) is 8.76. The van der Waals surface area contributed by atoms with Gasteiger partial charge in [-0.15, -0.1) is 0 Å². The number of rotatable bonds is 10. The first kappa shape index (κ1) is 28.9. The lowest BCUT2D eigenvalue weighted by Gasteiger charge is -2.15. The molecule has 210 valence electrons. The maximum Gasteiger partial charge on any atom is 0.0966 e. The van der Waals surface area contributed by atoms with Crippen molar-refractivity contribution in [1.82, 2.24) is 4.98 Å². The molecule has 5 rings (SSSR count). The molecular formula is C39H39N3. The van der Waals surface area contributed by atoms with Crippen molar-refractivity contribution in [2.24, 2.45) is 9.98 Å². The van der Waals surface area contributed by atoms with Crippen LogP contribution in [0.3, 0.4) is 0 Å². The Morgan fingerprint density at radius 1 is 0.429 bits per heavy atom. The normalized spacial score (nSPS) is 12.0. The molecule has 0 saturated heterocycles. The van der Waals surface area contributed by atoms with Gasteiger partial charge in [-0.25, -0.2) is 15.0 Å². The number of hydrogen-bond acceptors (Lipinski definition) is 3. The van der Waals surface area contributed by atoms with Gasteiger partial charge in [0.15, 0.2) is 0 Å². The average molecular weight is 550 g/mol. The van der Waals surface area contributed by atoms with Gasteiger partial charge in [-0.2, -0.15) is 0 Å². The highest BCUT2D eigenvalue weighted by molar-refractivity contribution is 6.16. The van der Waals surface area contributed by atoms with E-state index in [1.807, 2.05) is 12.1 Å². The largest absolute Gasteiger partial charge is 0.246 e. The lowest BCUT2D eigenvalue weighted by Crippen LogP contribution is -2.12. The van der Waals surface area contributed by atoms with Crippen molar-refractivity contribution >= 4 is 22.8 Å². The molecule has 0 bridgehead atoms. The minimum atomic E-state index is 0.829. The second kappa shape index (κ2) is 13.8. The highest BCUT2D eigenvalue weighted by Gasteiger charge is 2.17. The summed E-state index contributed by atoms with van der Waals surface area (Å²) in [5.41, 5.74) is 12.5. The zero-order valence-corrected chi connectivity index (χ0v) is 25.1. The average Bonchev–Trinajstić information content (AvgIpc) is 3.06. The maximum atomic E-state index is 5.37. The zero-order valence-electron chi connectivity index (χ0n) is 25.1. The molecule has 0 spiro atoms. The van der Waals surface area contributed by atoms with Gasteiger partial charge >= 0.3 is 0 Å². The minimum Gasteiger partial charge on any atom is -0.246 e. The van der Waals surface area contributed by atoms with Crippen LogP contribution in [0.5, 0.6) is 0 Å². The Bertz CT molecular complexity index is 1530. The summed E-state index contributed by atoms with van der Waals surface area (Å²) < 4.78 is 0. The van der Waals surface area contributed by atoms with Gasteiger partial charge in [0, 0.05) is 11.1 Å². The molecule has 0 aliphatic rings. The van der Waals surface area contributed by atoms with Crippen LogP contribution in [0, 0.1) is 0 Å². The molecule has 3 heteroatoms. The van der Waals surface area contributed by atoms with Gasteiger partial charge in [-0.05, 0) is 60.1 Å². The van der Waals surface area contributed by atoms with Crippen molar-refractivity contribution in [3.05, 3.63) is 160 Å². The van der Waals surface area contributed by atoms with E-state index in [1.54, 1.807) is 0 Å². The van der Waals surface area contributed by atoms with Crippen molar-refractivity contribution in [3.8, 4) is 0 Å². The Balaban J connectivity index is 1.74. The van der Waals surface area contributed by atoms with Crippen molar-refractivity contribution in [3.63, 3.8) is 0 Å². The van der Waals surface area contributed by atoms with E-state index in [4.69, 9.17) is 15.0 Å². The molecule has 3 nitrogen and oxygen atoms in total. The van der Waals surface area contributed by atoms with Crippen LogP contribution >= 0.6 is 0 Å². The summed E-state index contributed by atoms with van der Waals surface area (Å²) in [6.07, 6.45) is 3.68. The predicted octanol–water partition coefficient (Wildman–Crippen LogP) is 9.67. The van der Waals surface area contributed by atoms with Crippen LogP contribution in [-0.2, 0) is 25.7 Å². The summed E-state index contributed by atoms with van der Waals surface area (Å²) in [6, 6.07) is 40.0. The number of hydrogen-bond donors (Lipinski definition) is 0. The van der Waals surface area contributed by atoms with E-state index in [0.29, 0.717) is 0 Å². The minimum absolute atomic E-state index is 0.829. The third-order valence-electron chi connectivity index (χ3n) is 7.71. The monoisotopic (exact) mass is 549 g/mol. The summed E-state index contributed by atoms with van der Waals surface area (Å²) in [5, 5.41) is 0. The predicted molar refractivity (Wildman–Crippen MR) is 178 cm³/mol. The molecule has 0 unspecified atom stereocenters. The van der Waals surface area contributed by atoms with Gasteiger partial charge < -0.3 is 0 Å². The van der Waals surface area contributed by atoms with E-state index in [2.05, 4.69) is 131 Å². The topological polar surface area (TPSA) is 37.6 Å². The third kappa shape index (κ3) is 6.31. The van der Waals surface area contributed by atoms with Crippen LogP contribution < -0.4 is 0 Å². The molecule has 0 N–H and O–H groups in total. The Kier molecular flexibility index (Phi) is 9.51. The SMILES string of the molecule is CCc1cccc(CC)c1N=C(c1ccccc1)c1cccc(C(=Nc2c(CC)cccc2CC)c2ccccc2)n1. The highest BCUT2D eigenvalue weighted by Crippen LogP contribution is 2.30. The van der Waals surface area contributed by atoms with Crippen LogP contribution in [0.25, 0.3) is 0 Å². The fourth-order valence-corrected chi connectivity index (χ4v) is 5.37. The summed E-state index contributed by atoms with van der Waals surface area (Å²) in [4.78, 5) is 16.0. The lowest BCUT2D eigenvalue weighted by molar-refractivity contribution is 1.08. The molecule has 1 heterocycles. The van der Waals surface area contributed by atoms with E-state index in [9.17, 15) is 0 Å². The van der Waals surface area contributed by atoms with Gasteiger partial charge in [0.05, 0.1) is 34.2 Å². The quantitative estimate of drug-likeness (QED) is 0.160. The van der Waals surface area contributed by atoms with Gasteiger partial charge in [-0.1, -0.05) is 131 Å². The molecule has 0 aliphatic carbocycles. The van der Waals surface area contributed by atoms with Crippen molar-refractivity contribution < 1.29 is 0 Å². The first-order valence-corrected chi connectivity index (χ1v) is 15.1. The Labute approximate surface area is 250 Å². The van der Waals surface area contributed by atoms with Gasteiger partial charge in [0.2, 0.25) is 0 Å². The molecule has 0 saturated carbocycles. The van der Waals surface area contributed by atoms with E-state index in [1.165, 1.54) is 22.3 Å². The molecular weight excluding hydrogens is 510 g/mol.